The molecule has 0 bridgehead atoms. The van der Waals surface area contributed by atoms with Crippen molar-refractivity contribution in [3.8, 4) is 22.5 Å². The molecule has 0 aliphatic heterocycles. The van der Waals surface area contributed by atoms with Crippen LogP contribution in [0.1, 0.15) is 0 Å². The number of rotatable bonds is 6. The van der Waals surface area contributed by atoms with Crippen molar-refractivity contribution in [1.82, 2.24) is 9.97 Å². The number of nitrogens with one attached hydrogen (secondary N) is 2. The van der Waals surface area contributed by atoms with Crippen LogP contribution in [0.4, 0.5) is 5.69 Å². The Labute approximate surface area is 188 Å². The smallest absolute Gasteiger partial charge is 0.234 e. The molecule has 0 aliphatic carbocycles. The van der Waals surface area contributed by atoms with Gasteiger partial charge in [-0.15, -0.1) is 0 Å². The molecular formula is C23H17Cl2N3OS. The SMILES string of the molecule is O=C(CSc1nc(-c2ccccc2)c(-c2ccccc2)[nH]1)Nc1cc(Cl)cc(Cl)c1. The number of benzene rings is 3. The van der Waals surface area contributed by atoms with Crippen LogP contribution in [0.15, 0.2) is 84.0 Å². The number of thioether (sulfide) groups is 1. The standard InChI is InChI=1S/C23H17Cl2N3OS/c24-17-11-18(25)13-19(12-17)26-20(29)14-30-23-27-21(15-7-3-1-4-8-15)22(28-23)16-9-5-2-6-10-16/h1-13H,14H2,(H,26,29)(H,27,28). The van der Waals surface area contributed by atoms with E-state index in [1.54, 1.807) is 18.2 Å². The third-order valence-corrected chi connectivity index (χ3v) is 5.59. The number of amides is 1. The number of halogens is 2. The predicted octanol–water partition coefficient (Wildman–Crippen LogP) is 6.78. The van der Waals surface area contributed by atoms with Crippen molar-refractivity contribution in [1.29, 1.82) is 0 Å². The summed E-state index contributed by atoms with van der Waals surface area (Å²) in [5.41, 5.74) is 4.39. The van der Waals surface area contributed by atoms with E-state index in [2.05, 4.69) is 10.3 Å². The number of H-pyrrole nitrogens is 1. The third-order valence-electron chi connectivity index (χ3n) is 4.28. The van der Waals surface area contributed by atoms with Crippen LogP contribution in [0, 0.1) is 0 Å². The van der Waals surface area contributed by atoms with Crippen LogP contribution in [-0.4, -0.2) is 21.6 Å². The summed E-state index contributed by atoms with van der Waals surface area (Å²) in [5.74, 6) is 0.0253. The molecule has 7 heteroatoms. The predicted molar refractivity (Wildman–Crippen MR) is 125 cm³/mol. The Morgan fingerprint density at radius 2 is 1.50 bits per heavy atom. The molecule has 4 rings (SSSR count). The first-order valence-electron chi connectivity index (χ1n) is 9.18. The molecule has 0 atom stereocenters. The number of carbonyl (C=O) groups excluding carboxylic acids is 1. The number of hydrogen-bond acceptors (Lipinski definition) is 3. The second-order valence-corrected chi connectivity index (χ2v) is 8.33. The van der Waals surface area contributed by atoms with E-state index in [1.807, 2.05) is 60.7 Å². The highest BCUT2D eigenvalue weighted by Gasteiger charge is 2.15. The fourth-order valence-electron chi connectivity index (χ4n) is 3.00. The van der Waals surface area contributed by atoms with E-state index in [9.17, 15) is 4.79 Å². The minimum Gasteiger partial charge on any atom is -0.332 e. The monoisotopic (exact) mass is 453 g/mol. The molecule has 0 unspecified atom stereocenters. The number of hydrogen-bond donors (Lipinski definition) is 2. The van der Waals surface area contributed by atoms with Gasteiger partial charge in [-0.05, 0) is 18.2 Å². The highest BCUT2D eigenvalue weighted by Crippen LogP contribution is 2.32. The van der Waals surface area contributed by atoms with Gasteiger partial charge in [0, 0.05) is 26.9 Å². The summed E-state index contributed by atoms with van der Waals surface area (Å²) in [4.78, 5) is 20.5. The van der Waals surface area contributed by atoms with E-state index in [4.69, 9.17) is 28.2 Å². The molecule has 1 amide bonds. The maximum absolute atomic E-state index is 12.4. The molecule has 3 aromatic carbocycles. The van der Waals surface area contributed by atoms with E-state index >= 15 is 0 Å². The van der Waals surface area contributed by atoms with Gasteiger partial charge in [0.05, 0.1) is 17.1 Å². The minimum absolute atomic E-state index is 0.169. The first-order valence-corrected chi connectivity index (χ1v) is 10.9. The van der Waals surface area contributed by atoms with Crippen LogP contribution in [0.5, 0.6) is 0 Å². The molecule has 0 fully saturated rings. The highest BCUT2D eigenvalue weighted by atomic mass is 35.5. The Bertz CT molecular complexity index is 1090. The van der Waals surface area contributed by atoms with Gasteiger partial charge < -0.3 is 10.3 Å². The zero-order valence-electron chi connectivity index (χ0n) is 15.7. The Balaban J connectivity index is 1.53. The summed E-state index contributed by atoms with van der Waals surface area (Å²) in [6, 6.07) is 24.9. The van der Waals surface area contributed by atoms with E-state index in [1.165, 1.54) is 11.8 Å². The third kappa shape index (κ3) is 5.05. The first kappa shape index (κ1) is 20.5. The summed E-state index contributed by atoms with van der Waals surface area (Å²) in [7, 11) is 0. The number of imidazole rings is 1. The molecule has 4 nitrogen and oxygen atoms in total. The number of nitrogens with zero attached hydrogens (tertiary/aromatic N) is 1. The van der Waals surface area contributed by atoms with Crippen molar-refractivity contribution in [2.75, 3.05) is 11.1 Å². The minimum atomic E-state index is -0.169. The van der Waals surface area contributed by atoms with E-state index in [0.29, 0.717) is 20.9 Å². The summed E-state index contributed by atoms with van der Waals surface area (Å²) in [6.07, 6.45) is 0. The Morgan fingerprint density at radius 1 is 0.900 bits per heavy atom. The average Bonchev–Trinajstić information content (AvgIpc) is 3.17. The molecule has 0 saturated carbocycles. The van der Waals surface area contributed by atoms with Gasteiger partial charge in [0.1, 0.15) is 0 Å². The van der Waals surface area contributed by atoms with E-state index < -0.39 is 0 Å². The van der Waals surface area contributed by atoms with Gasteiger partial charge in [0.15, 0.2) is 5.16 Å². The van der Waals surface area contributed by atoms with Crippen molar-refractivity contribution in [3.63, 3.8) is 0 Å². The van der Waals surface area contributed by atoms with Gasteiger partial charge in [0.25, 0.3) is 0 Å². The maximum Gasteiger partial charge on any atom is 0.234 e. The van der Waals surface area contributed by atoms with E-state index in [0.717, 1.165) is 22.5 Å². The zero-order valence-corrected chi connectivity index (χ0v) is 18.1. The van der Waals surface area contributed by atoms with Gasteiger partial charge in [-0.2, -0.15) is 0 Å². The van der Waals surface area contributed by atoms with Crippen molar-refractivity contribution in [3.05, 3.63) is 88.9 Å². The Hall–Kier alpha value is -2.73. The Morgan fingerprint density at radius 3 is 2.13 bits per heavy atom. The average molecular weight is 454 g/mol. The molecule has 4 aromatic rings. The van der Waals surface area contributed by atoms with Crippen LogP contribution in [-0.2, 0) is 4.79 Å². The lowest BCUT2D eigenvalue weighted by atomic mass is 10.1. The summed E-state index contributed by atoms with van der Waals surface area (Å²) < 4.78 is 0. The zero-order chi connectivity index (χ0) is 20.9. The molecule has 1 aromatic heterocycles. The normalized spacial score (nSPS) is 10.7. The lowest BCUT2D eigenvalue weighted by Gasteiger charge is -2.05. The van der Waals surface area contributed by atoms with Crippen molar-refractivity contribution < 1.29 is 4.79 Å². The second-order valence-electron chi connectivity index (χ2n) is 6.49. The van der Waals surface area contributed by atoms with Crippen molar-refractivity contribution >= 4 is 46.6 Å². The fourth-order valence-corrected chi connectivity index (χ4v) is 4.19. The van der Waals surface area contributed by atoms with Gasteiger partial charge in [0.2, 0.25) is 5.91 Å². The van der Waals surface area contributed by atoms with Gasteiger partial charge in [-0.3, -0.25) is 4.79 Å². The van der Waals surface area contributed by atoms with Crippen molar-refractivity contribution in [2.24, 2.45) is 0 Å². The lowest BCUT2D eigenvalue weighted by Crippen LogP contribution is -2.14. The van der Waals surface area contributed by atoms with Crippen LogP contribution < -0.4 is 5.32 Å². The van der Waals surface area contributed by atoms with Crippen LogP contribution >= 0.6 is 35.0 Å². The molecule has 150 valence electrons. The summed E-state index contributed by atoms with van der Waals surface area (Å²) in [5, 5.41) is 4.42. The number of anilines is 1. The quantitative estimate of drug-likeness (QED) is 0.316. The summed E-state index contributed by atoms with van der Waals surface area (Å²) >= 11 is 13.3. The fraction of sp³-hybridized carbons (Fsp3) is 0.0435. The maximum atomic E-state index is 12.4. The van der Waals surface area contributed by atoms with Gasteiger partial charge >= 0.3 is 0 Å². The van der Waals surface area contributed by atoms with E-state index in [-0.39, 0.29) is 11.7 Å². The number of aromatic amines is 1. The van der Waals surface area contributed by atoms with Gasteiger partial charge in [-0.1, -0.05) is 95.6 Å². The molecular weight excluding hydrogens is 437 g/mol. The van der Waals surface area contributed by atoms with Gasteiger partial charge in [-0.25, -0.2) is 4.98 Å². The molecule has 0 aliphatic rings. The molecule has 0 saturated heterocycles. The largest absolute Gasteiger partial charge is 0.332 e. The van der Waals surface area contributed by atoms with Crippen LogP contribution in [0.3, 0.4) is 0 Å². The van der Waals surface area contributed by atoms with Crippen LogP contribution in [0.25, 0.3) is 22.5 Å². The molecule has 2 N–H and O–H groups in total. The van der Waals surface area contributed by atoms with Crippen LogP contribution in [0.2, 0.25) is 10.0 Å². The second kappa shape index (κ2) is 9.39. The lowest BCUT2D eigenvalue weighted by molar-refractivity contribution is -0.113. The topological polar surface area (TPSA) is 57.8 Å². The summed E-state index contributed by atoms with van der Waals surface area (Å²) in [6.45, 7) is 0. The first-order chi connectivity index (χ1) is 14.6. The number of carbonyl (C=O) groups is 1. The Kier molecular flexibility index (Phi) is 6.43. The highest BCUT2D eigenvalue weighted by molar-refractivity contribution is 7.99. The van der Waals surface area contributed by atoms with Crippen molar-refractivity contribution in [2.45, 2.75) is 5.16 Å². The number of aromatic nitrogens is 2. The molecule has 0 radical (unpaired) electrons. The molecule has 1 heterocycles. The molecule has 0 spiro atoms. The molecule has 30 heavy (non-hydrogen) atoms.